The fourth-order valence-corrected chi connectivity index (χ4v) is 4.56. The average molecular weight is 489 g/mol. The van der Waals surface area contributed by atoms with E-state index >= 15 is 0 Å². The summed E-state index contributed by atoms with van der Waals surface area (Å²) < 4.78 is 28.4. The third-order valence-electron chi connectivity index (χ3n) is 5.35. The molecule has 0 aliphatic rings. The SMILES string of the molecule is CC[C@H](C(=O)NC(C)C)N(Cc1ccc(C)cc1)C(=O)CN(c1ccccc1)S(=O)(=O)N(C)C. The second kappa shape index (κ2) is 12.0. The van der Waals surface area contributed by atoms with Gasteiger partial charge in [-0.3, -0.25) is 9.59 Å². The van der Waals surface area contributed by atoms with Gasteiger partial charge < -0.3 is 10.2 Å². The minimum atomic E-state index is -3.95. The number of rotatable bonds is 11. The van der Waals surface area contributed by atoms with E-state index in [1.54, 1.807) is 30.3 Å². The molecule has 1 N–H and O–H groups in total. The average Bonchev–Trinajstić information content (AvgIpc) is 2.78. The van der Waals surface area contributed by atoms with E-state index in [1.807, 2.05) is 52.0 Å². The van der Waals surface area contributed by atoms with Crippen molar-refractivity contribution in [3.8, 4) is 0 Å². The highest BCUT2D eigenvalue weighted by Crippen LogP contribution is 2.21. The minimum absolute atomic E-state index is 0.0900. The number of anilines is 1. The predicted octanol–water partition coefficient (Wildman–Crippen LogP) is 2.94. The van der Waals surface area contributed by atoms with E-state index < -0.39 is 28.7 Å². The zero-order valence-electron chi connectivity index (χ0n) is 20.9. The van der Waals surface area contributed by atoms with Gasteiger partial charge in [0.2, 0.25) is 11.8 Å². The van der Waals surface area contributed by atoms with Crippen LogP contribution in [0.1, 0.15) is 38.3 Å². The van der Waals surface area contributed by atoms with Crippen LogP contribution in [-0.4, -0.2) is 62.2 Å². The molecule has 1 atom stereocenters. The zero-order chi connectivity index (χ0) is 25.5. The van der Waals surface area contributed by atoms with Crippen LogP contribution in [-0.2, 0) is 26.3 Å². The maximum absolute atomic E-state index is 13.7. The largest absolute Gasteiger partial charge is 0.352 e. The first-order chi connectivity index (χ1) is 16.0. The van der Waals surface area contributed by atoms with E-state index in [2.05, 4.69) is 5.32 Å². The highest BCUT2D eigenvalue weighted by Gasteiger charge is 2.33. The fraction of sp³-hybridized carbons (Fsp3) is 0.440. The van der Waals surface area contributed by atoms with E-state index in [-0.39, 0.29) is 18.5 Å². The topological polar surface area (TPSA) is 90.0 Å². The Hall–Kier alpha value is -2.91. The van der Waals surface area contributed by atoms with Crippen LogP contribution in [0.3, 0.4) is 0 Å². The molecule has 0 bridgehead atoms. The van der Waals surface area contributed by atoms with E-state index in [9.17, 15) is 18.0 Å². The highest BCUT2D eigenvalue weighted by molar-refractivity contribution is 7.90. The second-order valence-corrected chi connectivity index (χ2v) is 10.8. The lowest BCUT2D eigenvalue weighted by Crippen LogP contribution is -2.54. The van der Waals surface area contributed by atoms with Crippen LogP contribution in [0.25, 0.3) is 0 Å². The Morgan fingerprint density at radius 2 is 1.56 bits per heavy atom. The number of nitrogens with one attached hydrogen (secondary N) is 1. The lowest BCUT2D eigenvalue weighted by Gasteiger charge is -2.34. The van der Waals surface area contributed by atoms with Gasteiger partial charge in [-0.1, -0.05) is 55.0 Å². The Labute approximate surface area is 203 Å². The number of carbonyl (C=O) groups excluding carboxylic acids is 2. The molecule has 0 aromatic heterocycles. The van der Waals surface area contributed by atoms with Crippen LogP contribution in [0.5, 0.6) is 0 Å². The van der Waals surface area contributed by atoms with Gasteiger partial charge in [0, 0.05) is 26.7 Å². The van der Waals surface area contributed by atoms with E-state index in [0.29, 0.717) is 12.1 Å². The Morgan fingerprint density at radius 3 is 2.06 bits per heavy atom. The summed E-state index contributed by atoms with van der Waals surface area (Å²) in [6.07, 6.45) is 0.391. The number of amides is 2. The molecule has 0 radical (unpaired) electrons. The number of aryl methyl sites for hydroxylation is 1. The van der Waals surface area contributed by atoms with Crippen molar-refractivity contribution in [3.63, 3.8) is 0 Å². The van der Waals surface area contributed by atoms with Gasteiger partial charge in [-0.15, -0.1) is 0 Å². The Balaban J connectivity index is 2.46. The summed E-state index contributed by atoms with van der Waals surface area (Å²) in [6.45, 7) is 7.29. The molecule has 0 spiro atoms. The van der Waals surface area contributed by atoms with Crippen LogP contribution >= 0.6 is 0 Å². The Bertz CT molecular complexity index is 1050. The smallest absolute Gasteiger partial charge is 0.304 e. The molecule has 2 rings (SSSR count). The van der Waals surface area contributed by atoms with Gasteiger partial charge in [0.15, 0.2) is 0 Å². The molecule has 0 saturated heterocycles. The molecule has 2 aromatic carbocycles. The molecule has 2 amide bonds. The molecule has 8 nitrogen and oxygen atoms in total. The van der Waals surface area contributed by atoms with Crippen molar-refractivity contribution in [2.75, 3.05) is 24.9 Å². The minimum Gasteiger partial charge on any atom is -0.352 e. The van der Waals surface area contributed by atoms with Crippen LogP contribution < -0.4 is 9.62 Å². The molecular formula is C25H36N4O4S. The first-order valence-electron chi connectivity index (χ1n) is 11.4. The predicted molar refractivity (Wildman–Crippen MR) is 135 cm³/mol. The number of benzene rings is 2. The number of para-hydroxylation sites is 1. The normalized spacial score (nSPS) is 12.5. The zero-order valence-corrected chi connectivity index (χ0v) is 21.7. The molecule has 0 unspecified atom stereocenters. The van der Waals surface area contributed by atoms with Crippen molar-refractivity contribution in [1.82, 2.24) is 14.5 Å². The van der Waals surface area contributed by atoms with E-state index in [4.69, 9.17) is 0 Å². The summed E-state index contributed by atoms with van der Waals surface area (Å²) in [5, 5.41) is 2.88. The monoisotopic (exact) mass is 488 g/mol. The molecule has 0 saturated carbocycles. The van der Waals surface area contributed by atoms with Crippen molar-refractivity contribution in [3.05, 3.63) is 65.7 Å². The molecular weight excluding hydrogens is 452 g/mol. The van der Waals surface area contributed by atoms with Crippen molar-refractivity contribution in [1.29, 1.82) is 0 Å². The van der Waals surface area contributed by atoms with Gasteiger partial charge in [0.25, 0.3) is 0 Å². The molecule has 9 heteroatoms. The van der Waals surface area contributed by atoms with Crippen LogP contribution in [0.15, 0.2) is 54.6 Å². The highest BCUT2D eigenvalue weighted by atomic mass is 32.2. The van der Waals surface area contributed by atoms with Crippen molar-refractivity contribution in [2.45, 2.75) is 52.7 Å². The Kier molecular flexibility index (Phi) is 9.64. The van der Waals surface area contributed by atoms with Gasteiger partial charge >= 0.3 is 10.2 Å². The summed E-state index contributed by atoms with van der Waals surface area (Å²) in [4.78, 5) is 28.1. The third kappa shape index (κ3) is 7.04. The number of carbonyl (C=O) groups is 2. The van der Waals surface area contributed by atoms with Crippen LogP contribution in [0.4, 0.5) is 5.69 Å². The second-order valence-electron chi connectivity index (χ2n) is 8.73. The number of hydrogen-bond donors (Lipinski definition) is 1. The van der Waals surface area contributed by atoms with Gasteiger partial charge in [0.05, 0.1) is 5.69 Å². The first-order valence-corrected chi connectivity index (χ1v) is 12.8. The summed E-state index contributed by atoms with van der Waals surface area (Å²) in [6, 6.07) is 15.4. The standard InChI is InChI=1S/C25H36N4O4S/c1-7-23(25(31)26-19(2)3)28(17-21-15-13-20(4)14-16-21)24(30)18-29(34(32,33)27(5)6)22-11-9-8-10-12-22/h8-16,19,23H,7,17-18H2,1-6H3,(H,26,31)/t23-/m1/s1. The Morgan fingerprint density at radius 1 is 0.971 bits per heavy atom. The van der Waals surface area contributed by atoms with E-state index in [0.717, 1.165) is 19.7 Å². The van der Waals surface area contributed by atoms with Crippen molar-refractivity contribution in [2.24, 2.45) is 0 Å². The van der Waals surface area contributed by atoms with Gasteiger partial charge in [-0.2, -0.15) is 12.7 Å². The number of hydrogen-bond acceptors (Lipinski definition) is 4. The molecule has 2 aromatic rings. The summed E-state index contributed by atoms with van der Waals surface area (Å²) in [5.74, 6) is -0.722. The van der Waals surface area contributed by atoms with Gasteiger partial charge in [0.1, 0.15) is 12.6 Å². The molecule has 0 aliphatic heterocycles. The summed E-state index contributed by atoms with van der Waals surface area (Å²) in [5.41, 5.74) is 2.31. The summed E-state index contributed by atoms with van der Waals surface area (Å²) in [7, 11) is -1.11. The maximum Gasteiger partial charge on any atom is 0.304 e. The van der Waals surface area contributed by atoms with Crippen molar-refractivity contribution >= 4 is 27.7 Å². The van der Waals surface area contributed by atoms with Crippen LogP contribution in [0, 0.1) is 6.92 Å². The lowest BCUT2D eigenvalue weighted by molar-refractivity contribution is -0.140. The summed E-state index contributed by atoms with van der Waals surface area (Å²) >= 11 is 0. The molecule has 0 fully saturated rings. The molecule has 0 aliphatic carbocycles. The van der Waals surface area contributed by atoms with E-state index in [1.165, 1.54) is 19.0 Å². The van der Waals surface area contributed by atoms with Crippen molar-refractivity contribution < 1.29 is 18.0 Å². The first kappa shape index (κ1) is 27.3. The quantitative estimate of drug-likeness (QED) is 0.527. The third-order valence-corrected chi connectivity index (χ3v) is 7.17. The number of nitrogens with zero attached hydrogens (tertiary/aromatic N) is 3. The maximum atomic E-state index is 13.7. The molecule has 0 heterocycles. The molecule has 186 valence electrons. The fourth-order valence-electron chi connectivity index (χ4n) is 3.50. The van der Waals surface area contributed by atoms with Gasteiger partial charge in [-0.25, -0.2) is 4.31 Å². The van der Waals surface area contributed by atoms with Crippen LogP contribution in [0.2, 0.25) is 0 Å². The molecule has 34 heavy (non-hydrogen) atoms. The van der Waals surface area contributed by atoms with Gasteiger partial charge in [-0.05, 0) is 44.9 Å². The lowest BCUT2D eigenvalue weighted by atomic mass is 10.1.